The summed E-state index contributed by atoms with van der Waals surface area (Å²) in [6, 6.07) is 2.65. The summed E-state index contributed by atoms with van der Waals surface area (Å²) in [7, 11) is -3.42. The molecule has 1 unspecified atom stereocenters. The molecule has 2 fully saturated rings. The second-order valence-corrected chi connectivity index (χ2v) is 9.05. The first-order chi connectivity index (χ1) is 11.3. The van der Waals surface area contributed by atoms with E-state index in [0.29, 0.717) is 24.0 Å². The molecular formula is C18H29N3O2S. The molecule has 0 aromatic heterocycles. The first kappa shape index (κ1) is 17.9. The van der Waals surface area contributed by atoms with Crippen molar-refractivity contribution in [3.8, 4) is 0 Å². The predicted molar refractivity (Wildman–Crippen MR) is 97.0 cm³/mol. The second kappa shape index (κ2) is 6.75. The Hall–Kier alpha value is -0.950. The van der Waals surface area contributed by atoms with Crippen molar-refractivity contribution in [2.24, 2.45) is 0 Å². The van der Waals surface area contributed by atoms with Gasteiger partial charge in [-0.1, -0.05) is 6.07 Å². The van der Waals surface area contributed by atoms with Gasteiger partial charge in [0.2, 0.25) is 10.0 Å². The summed E-state index contributed by atoms with van der Waals surface area (Å²) in [6.07, 6.45) is 1.17. The fourth-order valence-corrected chi connectivity index (χ4v) is 5.95. The van der Waals surface area contributed by atoms with Gasteiger partial charge in [-0.3, -0.25) is 4.90 Å². The highest BCUT2D eigenvalue weighted by atomic mass is 32.2. The summed E-state index contributed by atoms with van der Waals surface area (Å²) in [5.41, 5.74) is 3.88. The zero-order chi connectivity index (χ0) is 17.5. The molecule has 0 radical (unpaired) electrons. The average Bonchev–Trinajstić information content (AvgIpc) is 3.07. The molecule has 1 aromatic carbocycles. The fraction of sp³-hybridized carbons (Fsp3) is 0.667. The summed E-state index contributed by atoms with van der Waals surface area (Å²) >= 11 is 0. The van der Waals surface area contributed by atoms with E-state index in [4.69, 9.17) is 0 Å². The van der Waals surface area contributed by atoms with Crippen LogP contribution in [0.4, 0.5) is 0 Å². The zero-order valence-corrected chi connectivity index (χ0v) is 16.0. The number of nitrogens with one attached hydrogen (secondary N) is 1. The molecule has 0 amide bonds. The summed E-state index contributed by atoms with van der Waals surface area (Å²) in [5.74, 6) is 0. The number of hydrogen-bond donors (Lipinski definition) is 1. The van der Waals surface area contributed by atoms with E-state index in [-0.39, 0.29) is 0 Å². The Labute approximate surface area is 146 Å². The predicted octanol–water partition coefficient (Wildman–Crippen LogP) is 1.59. The van der Waals surface area contributed by atoms with E-state index in [9.17, 15) is 8.42 Å². The minimum absolute atomic E-state index is 0.524. The molecule has 0 aliphatic carbocycles. The molecule has 24 heavy (non-hydrogen) atoms. The molecule has 0 bridgehead atoms. The molecule has 5 nitrogen and oxygen atoms in total. The normalized spacial score (nSPS) is 23.8. The van der Waals surface area contributed by atoms with Crippen LogP contribution in [0.1, 0.15) is 28.7 Å². The minimum atomic E-state index is -3.42. The smallest absolute Gasteiger partial charge is 0.243 e. The molecule has 1 N–H and O–H groups in total. The van der Waals surface area contributed by atoms with E-state index in [1.807, 2.05) is 27.7 Å². The Balaban J connectivity index is 1.82. The molecule has 1 atom stereocenters. The van der Waals surface area contributed by atoms with Crippen molar-refractivity contribution < 1.29 is 8.42 Å². The van der Waals surface area contributed by atoms with Gasteiger partial charge in [-0.25, -0.2) is 8.42 Å². The molecule has 134 valence electrons. The Bertz CT molecular complexity index is 690. The average molecular weight is 352 g/mol. The third kappa shape index (κ3) is 3.12. The third-order valence-electron chi connectivity index (χ3n) is 5.72. The molecule has 2 aliphatic rings. The Morgan fingerprint density at radius 3 is 2.08 bits per heavy atom. The molecule has 2 heterocycles. The number of hydrogen-bond acceptors (Lipinski definition) is 4. The van der Waals surface area contributed by atoms with Gasteiger partial charge in [0, 0.05) is 38.8 Å². The first-order valence-electron chi connectivity index (χ1n) is 8.84. The maximum atomic E-state index is 13.3. The van der Waals surface area contributed by atoms with Gasteiger partial charge in [-0.15, -0.1) is 0 Å². The van der Waals surface area contributed by atoms with Gasteiger partial charge in [-0.2, -0.15) is 4.31 Å². The van der Waals surface area contributed by atoms with Crippen molar-refractivity contribution >= 4 is 10.0 Å². The third-order valence-corrected chi connectivity index (χ3v) is 7.89. The summed E-state index contributed by atoms with van der Waals surface area (Å²) in [5, 5.41) is 3.39. The molecule has 1 aromatic rings. The lowest BCUT2D eigenvalue weighted by Crippen LogP contribution is -2.52. The van der Waals surface area contributed by atoms with Gasteiger partial charge >= 0.3 is 0 Å². The fourth-order valence-electron chi connectivity index (χ4n) is 3.96. The van der Waals surface area contributed by atoms with E-state index >= 15 is 0 Å². The van der Waals surface area contributed by atoms with Crippen LogP contribution in [-0.4, -0.2) is 62.9 Å². The number of nitrogens with zero attached hydrogens (tertiary/aromatic N) is 2. The van der Waals surface area contributed by atoms with Gasteiger partial charge in [0.05, 0.1) is 4.90 Å². The van der Waals surface area contributed by atoms with Crippen LogP contribution in [0, 0.1) is 27.7 Å². The number of aryl methyl sites for hydroxylation is 2. The lowest BCUT2D eigenvalue weighted by molar-refractivity contribution is 0.145. The van der Waals surface area contributed by atoms with E-state index < -0.39 is 10.0 Å². The molecule has 3 rings (SSSR count). The Morgan fingerprint density at radius 2 is 1.58 bits per heavy atom. The van der Waals surface area contributed by atoms with Crippen LogP contribution in [0.2, 0.25) is 0 Å². The molecule has 2 saturated heterocycles. The maximum absolute atomic E-state index is 13.3. The highest BCUT2D eigenvalue weighted by Crippen LogP contribution is 2.29. The van der Waals surface area contributed by atoms with Crippen LogP contribution in [-0.2, 0) is 10.0 Å². The van der Waals surface area contributed by atoms with Crippen molar-refractivity contribution in [2.75, 3.05) is 39.3 Å². The molecule has 2 aliphatic heterocycles. The minimum Gasteiger partial charge on any atom is -0.315 e. The van der Waals surface area contributed by atoms with Gasteiger partial charge < -0.3 is 5.32 Å². The summed E-state index contributed by atoms with van der Waals surface area (Å²) in [4.78, 5) is 2.96. The van der Waals surface area contributed by atoms with Gasteiger partial charge in [0.25, 0.3) is 0 Å². The van der Waals surface area contributed by atoms with Crippen LogP contribution >= 0.6 is 0 Å². The zero-order valence-electron chi connectivity index (χ0n) is 15.2. The summed E-state index contributed by atoms with van der Waals surface area (Å²) < 4.78 is 28.2. The number of rotatable bonds is 3. The van der Waals surface area contributed by atoms with E-state index in [2.05, 4.69) is 16.3 Å². The van der Waals surface area contributed by atoms with E-state index in [0.717, 1.165) is 48.4 Å². The quantitative estimate of drug-likeness (QED) is 0.898. The maximum Gasteiger partial charge on any atom is 0.243 e. The first-order valence-corrected chi connectivity index (χ1v) is 10.3. The van der Waals surface area contributed by atoms with Crippen LogP contribution in [0.25, 0.3) is 0 Å². The lowest BCUT2D eigenvalue weighted by atomic mass is 10.0. The Kier molecular flexibility index (Phi) is 5.02. The Morgan fingerprint density at radius 1 is 1.00 bits per heavy atom. The second-order valence-electron chi connectivity index (χ2n) is 7.18. The number of sulfonamides is 1. The van der Waals surface area contributed by atoms with Crippen LogP contribution in [0.15, 0.2) is 11.0 Å². The topological polar surface area (TPSA) is 52.7 Å². The van der Waals surface area contributed by atoms with Crippen molar-refractivity contribution in [1.82, 2.24) is 14.5 Å². The van der Waals surface area contributed by atoms with Crippen LogP contribution in [0.3, 0.4) is 0 Å². The van der Waals surface area contributed by atoms with E-state index in [1.165, 1.54) is 6.42 Å². The number of benzene rings is 1. The number of piperazine rings is 1. The van der Waals surface area contributed by atoms with Gasteiger partial charge in [-0.05, 0) is 62.9 Å². The SMILES string of the molecule is Cc1cc(C)c(C)c(S(=O)(=O)N2CCN(C3CCNC3)CC2)c1C. The van der Waals surface area contributed by atoms with Crippen molar-refractivity contribution in [3.63, 3.8) is 0 Å². The van der Waals surface area contributed by atoms with E-state index in [1.54, 1.807) is 4.31 Å². The van der Waals surface area contributed by atoms with Gasteiger partial charge in [0.1, 0.15) is 0 Å². The monoisotopic (exact) mass is 351 g/mol. The summed E-state index contributed by atoms with van der Waals surface area (Å²) in [6.45, 7) is 12.8. The largest absolute Gasteiger partial charge is 0.315 e. The highest BCUT2D eigenvalue weighted by molar-refractivity contribution is 7.89. The van der Waals surface area contributed by atoms with Gasteiger partial charge in [0.15, 0.2) is 0 Å². The van der Waals surface area contributed by atoms with Crippen molar-refractivity contribution in [3.05, 3.63) is 28.3 Å². The molecule has 0 saturated carbocycles. The standard InChI is InChI=1S/C18H29N3O2S/c1-13-11-14(2)16(4)18(15(13)3)24(22,23)21-9-7-20(8-10-21)17-5-6-19-12-17/h11,17,19H,5-10,12H2,1-4H3. The van der Waals surface area contributed by atoms with Crippen LogP contribution < -0.4 is 5.32 Å². The molecule has 0 spiro atoms. The molecular weight excluding hydrogens is 322 g/mol. The molecule has 6 heteroatoms. The highest BCUT2D eigenvalue weighted by Gasteiger charge is 2.33. The van der Waals surface area contributed by atoms with Crippen LogP contribution in [0.5, 0.6) is 0 Å². The van der Waals surface area contributed by atoms with Crippen molar-refractivity contribution in [1.29, 1.82) is 0 Å². The lowest BCUT2D eigenvalue weighted by Gasteiger charge is -2.37. The van der Waals surface area contributed by atoms with Crippen molar-refractivity contribution in [2.45, 2.75) is 45.1 Å².